The topological polar surface area (TPSA) is 160 Å². The number of rotatable bonds is 6. The van der Waals surface area contributed by atoms with Crippen LogP contribution in [0.3, 0.4) is 0 Å². The molecule has 3 N–H and O–H groups in total. The Bertz CT molecular complexity index is 1420. The Balaban J connectivity index is 1.30. The number of hydrogen-bond acceptors (Lipinski definition) is 10. The number of aliphatic carboxylic acids is 1. The molecular weight excluding hydrogens is 466 g/mol. The molecule has 3 aromatic heterocycles. The van der Waals surface area contributed by atoms with Gasteiger partial charge in [-0.25, -0.2) is 19.6 Å². The lowest BCUT2D eigenvalue weighted by Crippen LogP contribution is -2.36. The third-order valence-corrected chi connectivity index (χ3v) is 6.85. The van der Waals surface area contributed by atoms with Crippen LogP contribution in [0.15, 0.2) is 42.7 Å². The number of carbonyl (C=O) groups is 1. The van der Waals surface area contributed by atoms with Crippen molar-refractivity contribution in [1.29, 1.82) is 5.26 Å². The molecule has 1 aliphatic rings. The fourth-order valence-corrected chi connectivity index (χ4v) is 4.93. The molecule has 176 valence electrons. The van der Waals surface area contributed by atoms with Gasteiger partial charge in [-0.2, -0.15) is 5.26 Å². The quantitative estimate of drug-likeness (QED) is 0.414. The Morgan fingerprint density at radius 1 is 1.20 bits per heavy atom. The molecule has 0 bridgehead atoms. The summed E-state index contributed by atoms with van der Waals surface area (Å²) in [6.07, 6.45) is 4.85. The van der Waals surface area contributed by atoms with Crippen molar-refractivity contribution in [1.82, 2.24) is 29.9 Å². The van der Waals surface area contributed by atoms with Crippen molar-refractivity contribution in [3.63, 3.8) is 0 Å². The van der Waals surface area contributed by atoms with E-state index in [1.165, 1.54) is 0 Å². The van der Waals surface area contributed by atoms with Crippen molar-refractivity contribution < 1.29 is 9.90 Å². The number of hydrogen-bond donors (Lipinski definition) is 2. The summed E-state index contributed by atoms with van der Waals surface area (Å²) in [5, 5.41) is 27.7. The largest absolute Gasteiger partial charge is 0.481 e. The molecule has 1 fully saturated rings. The summed E-state index contributed by atoms with van der Waals surface area (Å²) in [6.45, 7) is 1.87. The molecular formula is C23H21N9O2S. The number of aromatic nitrogens is 6. The van der Waals surface area contributed by atoms with Gasteiger partial charge < -0.3 is 15.7 Å². The molecule has 1 aliphatic heterocycles. The van der Waals surface area contributed by atoms with Crippen LogP contribution in [0.25, 0.3) is 22.6 Å². The molecule has 12 heteroatoms. The molecule has 0 saturated carbocycles. The minimum atomic E-state index is -0.722. The van der Waals surface area contributed by atoms with Crippen LogP contribution in [0.5, 0.6) is 0 Å². The molecule has 1 aromatic carbocycles. The molecule has 0 unspecified atom stereocenters. The van der Waals surface area contributed by atoms with Gasteiger partial charge in [0.15, 0.2) is 5.13 Å². The first-order chi connectivity index (χ1) is 17.0. The Morgan fingerprint density at radius 3 is 2.77 bits per heavy atom. The highest BCUT2D eigenvalue weighted by Crippen LogP contribution is 2.28. The number of carboxylic acids is 1. The Kier molecular flexibility index (Phi) is 6.07. The molecule has 0 radical (unpaired) electrons. The smallest absolute Gasteiger partial charge is 0.306 e. The van der Waals surface area contributed by atoms with Crippen molar-refractivity contribution in [2.45, 2.75) is 19.4 Å². The van der Waals surface area contributed by atoms with Gasteiger partial charge in [-0.3, -0.25) is 4.79 Å². The van der Waals surface area contributed by atoms with Crippen molar-refractivity contribution in [2.24, 2.45) is 5.92 Å². The molecule has 35 heavy (non-hydrogen) atoms. The number of nitrogens with two attached hydrogens (primary N) is 1. The lowest BCUT2D eigenvalue weighted by atomic mass is 9.98. The number of benzene rings is 1. The molecule has 0 spiro atoms. The highest BCUT2D eigenvalue weighted by atomic mass is 32.1. The van der Waals surface area contributed by atoms with Crippen molar-refractivity contribution in [3.8, 4) is 28.7 Å². The maximum atomic E-state index is 11.2. The number of anilines is 2. The molecule has 0 atom stereocenters. The van der Waals surface area contributed by atoms with Crippen molar-refractivity contribution in [2.75, 3.05) is 23.7 Å². The second-order valence-corrected chi connectivity index (χ2v) is 9.29. The van der Waals surface area contributed by atoms with Gasteiger partial charge in [0.2, 0.25) is 5.95 Å². The summed E-state index contributed by atoms with van der Waals surface area (Å²) >= 11 is 1.56. The SMILES string of the molecule is N#Cc1cccc(-c2cc(-c3cn(Cc4cnc(N5CCC(C(=O)O)CC5)s4)nn3)nc(N)n2)c1. The average molecular weight is 488 g/mol. The lowest BCUT2D eigenvalue weighted by molar-refractivity contribution is -0.142. The summed E-state index contributed by atoms with van der Waals surface area (Å²) in [5.74, 6) is -0.890. The van der Waals surface area contributed by atoms with Crippen molar-refractivity contribution >= 4 is 28.4 Å². The molecule has 5 rings (SSSR count). The average Bonchev–Trinajstić information content (AvgIpc) is 3.54. The predicted molar refractivity (Wildman–Crippen MR) is 129 cm³/mol. The summed E-state index contributed by atoms with van der Waals surface area (Å²) < 4.78 is 1.71. The van der Waals surface area contributed by atoms with Crippen molar-refractivity contribution in [3.05, 3.63) is 53.2 Å². The standard InChI is InChI=1S/C23H21N9O2S/c24-10-14-2-1-3-16(8-14)18-9-19(28-22(25)27-18)20-13-32(30-29-20)12-17-11-26-23(35-17)31-6-4-15(5-7-31)21(33)34/h1-3,8-9,11,13,15H,4-7,12H2,(H,33,34)(H2,25,27,28). The van der Waals surface area contributed by atoms with Crippen LogP contribution in [0, 0.1) is 17.2 Å². The van der Waals surface area contributed by atoms with Crippen LogP contribution in [0.4, 0.5) is 11.1 Å². The fraction of sp³-hybridized carbons (Fsp3) is 0.261. The lowest BCUT2D eigenvalue weighted by Gasteiger charge is -2.29. The van der Waals surface area contributed by atoms with E-state index >= 15 is 0 Å². The summed E-state index contributed by atoms with van der Waals surface area (Å²) in [5.41, 5.74) is 8.92. The highest BCUT2D eigenvalue weighted by Gasteiger charge is 2.25. The summed E-state index contributed by atoms with van der Waals surface area (Å²) in [6, 6.07) is 11.0. The number of nitriles is 1. The van der Waals surface area contributed by atoms with Gasteiger partial charge in [0.25, 0.3) is 0 Å². The van der Waals surface area contributed by atoms with Crippen LogP contribution in [-0.2, 0) is 11.3 Å². The predicted octanol–water partition coefficient (Wildman–Crippen LogP) is 2.66. The van der Waals surface area contributed by atoms with E-state index < -0.39 is 5.97 Å². The number of thiazole rings is 1. The van der Waals surface area contributed by atoms with E-state index in [-0.39, 0.29) is 11.9 Å². The monoisotopic (exact) mass is 487 g/mol. The van der Waals surface area contributed by atoms with E-state index in [1.54, 1.807) is 46.5 Å². The molecule has 1 saturated heterocycles. The van der Waals surface area contributed by atoms with Crippen LogP contribution in [0.1, 0.15) is 23.3 Å². The summed E-state index contributed by atoms with van der Waals surface area (Å²) in [4.78, 5) is 27.4. The second kappa shape index (κ2) is 9.47. The molecule has 11 nitrogen and oxygen atoms in total. The first-order valence-corrected chi connectivity index (χ1v) is 11.8. The third kappa shape index (κ3) is 4.95. The van der Waals surface area contributed by atoms with Gasteiger partial charge in [-0.15, -0.1) is 5.10 Å². The van der Waals surface area contributed by atoms with Crippen LogP contribution in [-0.4, -0.2) is 54.1 Å². The second-order valence-electron chi connectivity index (χ2n) is 8.20. The van der Waals surface area contributed by atoms with E-state index in [4.69, 9.17) is 11.0 Å². The van der Waals surface area contributed by atoms with Crippen LogP contribution in [0.2, 0.25) is 0 Å². The number of nitrogens with zero attached hydrogens (tertiary/aromatic N) is 8. The molecule has 0 amide bonds. The van der Waals surface area contributed by atoms with Gasteiger partial charge in [0.05, 0.1) is 41.7 Å². The molecule has 0 aliphatic carbocycles. The number of carboxylic acid groups (broad SMARTS) is 1. The number of piperidine rings is 1. The minimum Gasteiger partial charge on any atom is -0.481 e. The van der Waals surface area contributed by atoms with E-state index in [9.17, 15) is 9.90 Å². The third-order valence-electron chi connectivity index (χ3n) is 5.81. The van der Waals surface area contributed by atoms with Gasteiger partial charge >= 0.3 is 5.97 Å². The normalized spacial score (nSPS) is 14.1. The fourth-order valence-electron chi connectivity index (χ4n) is 3.98. The number of nitrogen functional groups attached to an aromatic ring is 1. The van der Waals surface area contributed by atoms with Gasteiger partial charge in [0.1, 0.15) is 5.69 Å². The zero-order chi connectivity index (χ0) is 24.4. The zero-order valence-electron chi connectivity index (χ0n) is 18.6. The Labute approximate surface area is 204 Å². The van der Waals surface area contributed by atoms with Crippen LogP contribution < -0.4 is 10.6 Å². The maximum absolute atomic E-state index is 11.2. The maximum Gasteiger partial charge on any atom is 0.306 e. The zero-order valence-corrected chi connectivity index (χ0v) is 19.4. The molecule has 4 heterocycles. The van der Waals surface area contributed by atoms with E-state index in [0.29, 0.717) is 55.1 Å². The van der Waals surface area contributed by atoms with Gasteiger partial charge in [-0.05, 0) is 31.0 Å². The first-order valence-electron chi connectivity index (χ1n) is 11.0. The first kappa shape index (κ1) is 22.4. The van der Waals surface area contributed by atoms with E-state index in [1.807, 2.05) is 12.3 Å². The Hall–Kier alpha value is -4.37. The Morgan fingerprint density at radius 2 is 2.00 bits per heavy atom. The van der Waals surface area contributed by atoms with Gasteiger partial charge in [0, 0.05) is 29.7 Å². The minimum absolute atomic E-state index is 0.105. The van der Waals surface area contributed by atoms with Crippen LogP contribution >= 0.6 is 11.3 Å². The van der Waals surface area contributed by atoms with E-state index in [2.05, 4.69) is 36.2 Å². The highest BCUT2D eigenvalue weighted by molar-refractivity contribution is 7.15. The summed E-state index contributed by atoms with van der Waals surface area (Å²) in [7, 11) is 0. The van der Waals surface area contributed by atoms with Gasteiger partial charge in [-0.1, -0.05) is 28.7 Å². The molecule has 4 aromatic rings. The van der Waals surface area contributed by atoms with E-state index in [0.717, 1.165) is 15.6 Å².